The molecule has 0 saturated carbocycles. The van der Waals surface area contributed by atoms with E-state index in [1.807, 2.05) is 76.0 Å². The largest absolute Gasteiger partial charge is 0.393 e. The minimum absolute atomic E-state index is 0.193. The number of allylic oxidation sites excluding steroid dienone is 2. The van der Waals surface area contributed by atoms with E-state index >= 15 is 0 Å². The Morgan fingerprint density at radius 2 is 1.94 bits per heavy atom. The third-order valence-electron chi connectivity index (χ3n) is 5.93. The molecule has 0 radical (unpaired) electrons. The molecule has 1 fully saturated rings. The number of hydrogen-bond donors (Lipinski definition) is 5. The highest BCUT2D eigenvalue weighted by molar-refractivity contribution is 5.54. The summed E-state index contributed by atoms with van der Waals surface area (Å²) in [5, 5.41) is 30.3. The summed E-state index contributed by atoms with van der Waals surface area (Å²) in [6.45, 7) is 10.1. The van der Waals surface area contributed by atoms with Crippen LogP contribution >= 0.6 is 0 Å². The SMILES string of the molecule is CC(C)=C/C(Nc1ccc(N2CCC(O)CC2)cn1)=C(\C)C(O)NCNc1c(C)ccn1C. The number of anilines is 3. The first kappa shape index (κ1) is 24.8. The van der Waals surface area contributed by atoms with E-state index in [0.29, 0.717) is 12.5 Å². The summed E-state index contributed by atoms with van der Waals surface area (Å²) < 4.78 is 2.02. The fourth-order valence-corrected chi connectivity index (χ4v) is 3.90. The lowest BCUT2D eigenvalue weighted by Crippen LogP contribution is -2.35. The van der Waals surface area contributed by atoms with E-state index in [2.05, 4.69) is 25.8 Å². The van der Waals surface area contributed by atoms with E-state index in [-0.39, 0.29) is 6.10 Å². The van der Waals surface area contributed by atoms with Crippen LogP contribution in [0.4, 0.5) is 17.3 Å². The van der Waals surface area contributed by atoms with Gasteiger partial charge in [-0.15, -0.1) is 0 Å². The summed E-state index contributed by atoms with van der Waals surface area (Å²) in [5.41, 5.74) is 4.91. The highest BCUT2D eigenvalue weighted by atomic mass is 16.3. The summed E-state index contributed by atoms with van der Waals surface area (Å²) in [6, 6.07) is 6.04. The molecule has 3 heterocycles. The second kappa shape index (κ2) is 11.4. The average molecular weight is 455 g/mol. The molecule has 0 bridgehead atoms. The number of aliphatic hydroxyl groups is 2. The van der Waals surface area contributed by atoms with Gasteiger partial charge in [-0.2, -0.15) is 0 Å². The molecule has 5 N–H and O–H groups in total. The maximum atomic E-state index is 10.7. The lowest BCUT2D eigenvalue weighted by Gasteiger charge is -2.31. The maximum absolute atomic E-state index is 10.7. The molecule has 2 aromatic rings. The van der Waals surface area contributed by atoms with Gasteiger partial charge in [0.1, 0.15) is 17.9 Å². The van der Waals surface area contributed by atoms with Crippen LogP contribution in [0, 0.1) is 6.92 Å². The molecule has 180 valence electrons. The maximum Gasteiger partial charge on any atom is 0.130 e. The van der Waals surface area contributed by atoms with Crippen molar-refractivity contribution < 1.29 is 10.2 Å². The monoisotopic (exact) mass is 454 g/mol. The Morgan fingerprint density at radius 3 is 2.52 bits per heavy atom. The van der Waals surface area contributed by atoms with Crippen molar-refractivity contribution in [3.05, 3.63) is 59.1 Å². The fraction of sp³-hybridized carbons (Fsp3) is 0.480. The highest BCUT2D eigenvalue weighted by Gasteiger charge is 2.17. The zero-order valence-electron chi connectivity index (χ0n) is 20.4. The Morgan fingerprint density at radius 1 is 1.21 bits per heavy atom. The van der Waals surface area contributed by atoms with Gasteiger partial charge in [-0.05, 0) is 75.9 Å². The third-order valence-corrected chi connectivity index (χ3v) is 5.93. The van der Waals surface area contributed by atoms with Crippen LogP contribution < -0.4 is 20.9 Å². The minimum Gasteiger partial charge on any atom is -0.393 e. The molecule has 1 atom stereocenters. The molecule has 0 spiro atoms. The van der Waals surface area contributed by atoms with Gasteiger partial charge in [-0.1, -0.05) is 5.57 Å². The molecule has 0 aliphatic carbocycles. The van der Waals surface area contributed by atoms with Crippen molar-refractivity contribution in [1.82, 2.24) is 14.9 Å². The Labute approximate surface area is 197 Å². The predicted molar refractivity (Wildman–Crippen MR) is 135 cm³/mol. The quantitative estimate of drug-likeness (QED) is 0.293. The summed E-state index contributed by atoms with van der Waals surface area (Å²) in [4.78, 5) is 6.83. The number of nitrogens with one attached hydrogen (secondary N) is 3. The van der Waals surface area contributed by atoms with Crippen molar-refractivity contribution in [3.63, 3.8) is 0 Å². The van der Waals surface area contributed by atoms with Crippen molar-refractivity contribution in [2.45, 2.75) is 52.9 Å². The van der Waals surface area contributed by atoms with Crippen LogP contribution in [0.2, 0.25) is 0 Å². The molecule has 8 nitrogen and oxygen atoms in total. The molecule has 1 aliphatic rings. The van der Waals surface area contributed by atoms with E-state index < -0.39 is 6.23 Å². The molecular formula is C25H38N6O2. The molecule has 1 saturated heterocycles. The van der Waals surface area contributed by atoms with E-state index in [0.717, 1.165) is 59.8 Å². The van der Waals surface area contributed by atoms with Crippen molar-refractivity contribution in [1.29, 1.82) is 0 Å². The van der Waals surface area contributed by atoms with E-state index in [1.165, 1.54) is 0 Å². The zero-order valence-corrected chi connectivity index (χ0v) is 20.4. The number of rotatable bonds is 9. The van der Waals surface area contributed by atoms with Crippen molar-refractivity contribution in [3.8, 4) is 0 Å². The van der Waals surface area contributed by atoms with E-state index in [1.54, 1.807) is 0 Å². The number of aryl methyl sites for hydroxylation is 2. The lowest BCUT2D eigenvalue weighted by atomic mass is 10.1. The Hall–Kier alpha value is -2.81. The molecule has 0 amide bonds. The Bertz CT molecular complexity index is 948. The smallest absolute Gasteiger partial charge is 0.130 e. The van der Waals surface area contributed by atoms with Gasteiger partial charge in [0.05, 0.1) is 24.7 Å². The van der Waals surface area contributed by atoms with E-state index in [4.69, 9.17) is 0 Å². The molecule has 33 heavy (non-hydrogen) atoms. The van der Waals surface area contributed by atoms with Crippen LogP contribution in [-0.2, 0) is 7.05 Å². The molecule has 1 unspecified atom stereocenters. The summed E-state index contributed by atoms with van der Waals surface area (Å²) in [5.74, 6) is 1.74. The number of pyridine rings is 1. The standard InChI is InChI=1S/C25H38N6O2/c1-17(2)14-22(19(4)25(33)28-16-27-24-18(3)8-11-30(24)5)29-23-7-6-20(15-26-23)31-12-9-21(32)10-13-31/h6-8,11,14-15,21,25,27-28,32-33H,9-10,12-13,16H2,1-5H3,(H,26,29)/b22-19-. The lowest BCUT2D eigenvalue weighted by molar-refractivity contribution is 0.145. The summed E-state index contributed by atoms with van der Waals surface area (Å²) in [7, 11) is 1.99. The van der Waals surface area contributed by atoms with Gasteiger partial charge in [0.25, 0.3) is 0 Å². The van der Waals surface area contributed by atoms with E-state index in [9.17, 15) is 10.2 Å². The predicted octanol–water partition coefficient (Wildman–Crippen LogP) is 3.32. The molecular weight excluding hydrogens is 416 g/mol. The number of hydrogen-bond acceptors (Lipinski definition) is 7. The minimum atomic E-state index is -0.824. The molecule has 8 heteroatoms. The number of nitrogens with zero attached hydrogens (tertiary/aromatic N) is 3. The molecule has 2 aromatic heterocycles. The van der Waals surface area contributed by atoms with Gasteiger partial charge in [0.15, 0.2) is 0 Å². The van der Waals surface area contributed by atoms with Gasteiger partial charge in [-0.25, -0.2) is 4.98 Å². The summed E-state index contributed by atoms with van der Waals surface area (Å²) in [6.07, 6.45) is 6.43. The van der Waals surface area contributed by atoms with Crippen LogP contribution in [0.15, 0.2) is 53.5 Å². The van der Waals surface area contributed by atoms with Gasteiger partial charge in [0, 0.05) is 32.0 Å². The molecule has 1 aliphatic heterocycles. The first-order valence-corrected chi connectivity index (χ1v) is 11.5. The van der Waals surface area contributed by atoms with Crippen LogP contribution in [0.25, 0.3) is 0 Å². The van der Waals surface area contributed by atoms with Gasteiger partial charge in [0.2, 0.25) is 0 Å². The van der Waals surface area contributed by atoms with Crippen LogP contribution in [0.3, 0.4) is 0 Å². The van der Waals surface area contributed by atoms with Crippen LogP contribution in [0.1, 0.15) is 39.2 Å². The fourth-order valence-electron chi connectivity index (χ4n) is 3.90. The molecule has 3 rings (SSSR count). The Kier molecular flexibility index (Phi) is 8.55. The summed E-state index contributed by atoms with van der Waals surface area (Å²) >= 11 is 0. The Balaban J connectivity index is 1.65. The van der Waals surface area contributed by atoms with Crippen LogP contribution in [-0.4, -0.2) is 51.9 Å². The van der Waals surface area contributed by atoms with Gasteiger partial charge in [-0.3, -0.25) is 5.32 Å². The van der Waals surface area contributed by atoms with Gasteiger partial charge < -0.3 is 30.3 Å². The zero-order chi connectivity index (χ0) is 24.0. The highest BCUT2D eigenvalue weighted by Crippen LogP contribution is 2.22. The first-order chi connectivity index (χ1) is 15.7. The van der Waals surface area contributed by atoms with Crippen LogP contribution in [0.5, 0.6) is 0 Å². The number of piperidine rings is 1. The number of aliphatic hydroxyl groups excluding tert-OH is 2. The second-order valence-corrected chi connectivity index (χ2v) is 8.98. The van der Waals surface area contributed by atoms with Crippen molar-refractivity contribution in [2.24, 2.45) is 7.05 Å². The molecule has 0 aromatic carbocycles. The van der Waals surface area contributed by atoms with Crippen molar-refractivity contribution >= 4 is 17.3 Å². The normalized spacial score (nSPS) is 16.3. The van der Waals surface area contributed by atoms with Crippen molar-refractivity contribution in [2.75, 3.05) is 35.3 Å². The number of aromatic nitrogens is 2. The third kappa shape index (κ3) is 6.83. The topological polar surface area (TPSA) is 97.6 Å². The second-order valence-electron chi connectivity index (χ2n) is 8.98. The first-order valence-electron chi connectivity index (χ1n) is 11.5. The van der Waals surface area contributed by atoms with Gasteiger partial charge >= 0.3 is 0 Å². The average Bonchev–Trinajstić information content (AvgIpc) is 3.11.